The first kappa shape index (κ1) is 18.9. The van der Waals surface area contributed by atoms with Gasteiger partial charge in [0.25, 0.3) is 0 Å². The number of nitrogens with zero attached hydrogens (tertiary/aromatic N) is 5. The highest BCUT2D eigenvalue weighted by molar-refractivity contribution is 7.09. The molecule has 0 radical (unpaired) electrons. The van der Waals surface area contributed by atoms with Gasteiger partial charge in [-0.3, -0.25) is 4.99 Å². The van der Waals surface area contributed by atoms with Crippen molar-refractivity contribution >= 4 is 22.6 Å². The molecule has 1 saturated heterocycles. The number of anilines is 1. The molecule has 24 heavy (non-hydrogen) atoms. The van der Waals surface area contributed by atoms with Crippen molar-refractivity contribution in [2.45, 2.75) is 34.1 Å². The number of aliphatic imine (C=N–C) groups is 1. The molecule has 0 aromatic carbocycles. The molecule has 0 atom stereocenters. The largest absolute Gasteiger partial charge is 0.396 e. The van der Waals surface area contributed by atoms with E-state index < -0.39 is 0 Å². The predicted molar refractivity (Wildman–Crippen MR) is 99.9 cm³/mol. The minimum absolute atomic E-state index is 0.139. The molecule has 1 fully saturated rings. The molecule has 0 spiro atoms. The maximum atomic E-state index is 9.41. The van der Waals surface area contributed by atoms with Gasteiger partial charge >= 0.3 is 0 Å². The zero-order valence-electron chi connectivity index (χ0n) is 15.2. The van der Waals surface area contributed by atoms with Gasteiger partial charge < -0.3 is 20.2 Å². The average molecular weight is 355 g/mol. The average Bonchev–Trinajstić information content (AvgIpc) is 3.08. The van der Waals surface area contributed by atoms with Crippen LogP contribution in [0.3, 0.4) is 0 Å². The second-order valence-electron chi connectivity index (χ2n) is 6.81. The van der Waals surface area contributed by atoms with Crippen molar-refractivity contribution in [1.29, 1.82) is 0 Å². The maximum absolute atomic E-state index is 9.41. The third kappa shape index (κ3) is 5.04. The smallest absolute Gasteiger partial charge is 0.205 e. The van der Waals surface area contributed by atoms with Crippen LogP contribution in [-0.2, 0) is 6.42 Å². The van der Waals surface area contributed by atoms with Crippen LogP contribution in [0.2, 0.25) is 0 Å². The van der Waals surface area contributed by atoms with Gasteiger partial charge in [0.1, 0.15) is 5.82 Å². The lowest BCUT2D eigenvalue weighted by Crippen LogP contribution is -2.52. The van der Waals surface area contributed by atoms with E-state index in [1.165, 1.54) is 11.5 Å². The van der Waals surface area contributed by atoms with E-state index in [-0.39, 0.29) is 12.0 Å². The van der Waals surface area contributed by atoms with Gasteiger partial charge in [-0.2, -0.15) is 4.37 Å². The summed E-state index contributed by atoms with van der Waals surface area (Å²) in [5.74, 6) is 1.86. The second kappa shape index (κ2) is 8.62. The molecule has 1 aliphatic rings. The summed E-state index contributed by atoms with van der Waals surface area (Å²) in [6.45, 7) is 13.5. The number of piperazine rings is 1. The lowest BCUT2D eigenvalue weighted by atomic mass is 9.95. The molecular weight excluding hydrogens is 324 g/mol. The molecule has 0 aliphatic carbocycles. The second-order valence-corrected chi connectivity index (χ2v) is 7.54. The summed E-state index contributed by atoms with van der Waals surface area (Å²) in [6, 6.07) is 0. The van der Waals surface area contributed by atoms with E-state index in [4.69, 9.17) is 4.99 Å². The standard InChI is InChI=1S/C16H30N6OS/c1-5-13-19-15(24-20-13)22-9-7-21(8-10-22)14(17-6-2)18-11-16(3,4)12-23/h23H,5-12H2,1-4H3,(H,17,18). The van der Waals surface area contributed by atoms with Gasteiger partial charge in [0.05, 0.1) is 6.54 Å². The van der Waals surface area contributed by atoms with Gasteiger partial charge in [0.2, 0.25) is 5.13 Å². The third-order valence-corrected chi connectivity index (χ3v) is 4.86. The summed E-state index contributed by atoms with van der Waals surface area (Å²) in [5, 5.41) is 13.8. The Labute approximate surface area is 149 Å². The molecule has 8 heteroatoms. The number of aliphatic hydroxyl groups excluding tert-OH is 1. The summed E-state index contributed by atoms with van der Waals surface area (Å²) in [4.78, 5) is 13.9. The quantitative estimate of drug-likeness (QED) is 0.591. The lowest BCUT2D eigenvalue weighted by Gasteiger charge is -2.36. The summed E-state index contributed by atoms with van der Waals surface area (Å²) >= 11 is 1.49. The Morgan fingerprint density at radius 2 is 2.00 bits per heavy atom. The number of rotatable bonds is 6. The molecule has 1 aliphatic heterocycles. The van der Waals surface area contributed by atoms with Crippen molar-refractivity contribution in [1.82, 2.24) is 19.6 Å². The Hall–Kier alpha value is -1.41. The van der Waals surface area contributed by atoms with E-state index in [0.717, 1.165) is 56.1 Å². The van der Waals surface area contributed by atoms with Crippen molar-refractivity contribution in [3.05, 3.63) is 5.82 Å². The molecule has 0 unspecified atom stereocenters. The molecule has 2 heterocycles. The highest BCUT2D eigenvalue weighted by Crippen LogP contribution is 2.19. The zero-order valence-corrected chi connectivity index (χ0v) is 16.1. The first-order valence-electron chi connectivity index (χ1n) is 8.70. The summed E-state index contributed by atoms with van der Waals surface area (Å²) in [5.41, 5.74) is -0.189. The normalized spacial score (nSPS) is 16.6. The maximum Gasteiger partial charge on any atom is 0.205 e. The van der Waals surface area contributed by atoms with Crippen LogP contribution >= 0.6 is 11.5 Å². The van der Waals surface area contributed by atoms with Gasteiger partial charge in [-0.1, -0.05) is 20.8 Å². The molecular formula is C16H30N6OS. The van der Waals surface area contributed by atoms with E-state index >= 15 is 0 Å². The lowest BCUT2D eigenvalue weighted by molar-refractivity contribution is 0.166. The number of aryl methyl sites for hydroxylation is 1. The van der Waals surface area contributed by atoms with Crippen molar-refractivity contribution in [3.63, 3.8) is 0 Å². The highest BCUT2D eigenvalue weighted by atomic mass is 32.1. The van der Waals surface area contributed by atoms with Crippen LogP contribution < -0.4 is 10.2 Å². The monoisotopic (exact) mass is 354 g/mol. The fraction of sp³-hybridized carbons (Fsp3) is 0.812. The van der Waals surface area contributed by atoms with Gasteiger partial charge in [-0.15, -0.1) is 0 Å². The van der Waals surface area contributed by atoms with E-state index in [2.05, 4.69) is 38.3 Å². The Kier molecular flexibility index (Phi) is 6.79. The number of hydrogen-bond donors (Lipinski definition) is 2. The highest BCUT2D eigenvalue weighted by Gasteiger charge is 2.23. The number of aromatic nitrogens is 2. The minimum atomic E-state index is -0.189. The fourth-order valence-electron chi connectivity index (χ4n) is 2.39. The number of hydrogen-bond acceptors (Lipinski definition) is 6. The third-order valence-electron chi connectivity index (χ3n) is 4.04. The number of nitrogens with one attached hydrogen (secondary N) is 1. The van der Waals surface area contributed by atoms with Gasteiger partial charge in [-0.05, 0) is 6.92 Å². The van der Waals surface area contributed by atoms with Gasteiger partial charge in [0, 0.05) is 62.7 Å². The van der Waals surface area contributed by atoms with Crippen LogP contribution in [0.4, 0.5) is 5.13 Å². The van der Waals surface area contributed by atoms with E-state index in [1.807, 2.05) is 13.8 Å². The molecule has 136 valence electrons. The van der Waals surface area contributed by atoms with Crippen LogP contribution in [-0.4, -0.2) is 71.2 Å². The summed E-state index contributed by atoms with van der Waals surface area (Å²) < 4.78 is 4.37. The first-order chi connectivity index (χ1) is 11.5. The molecule has 2 rings (SSSR count). The fourth-order valence-corrected chi connectivity index (χ4v) is 3.19. The van der Waals surface area contributed by atoms with Crippen LogP contribution in [0.1, 0.15) is 33.5 Å². The molecule has 1 aromatic rings. The SMILES string of the molecule is CCNC(=NCC(C)(C)CO)N1CCN(c2nc(CC)ns2)CC1. The van der Waals surface area contributed by atoms with E-state index in [9.17, 15) is 5.11 Å². The molecule has 0 bridgehead atoms. The number of aliphatic hydroxyl groups is 1. The van der Waals surface area contributed by atoms with Crippen LogP contribution in [0.25, 0.3) is 0 Å². The van der Waals surface area contributed by atoms with Crippen LogP contribution in [0.5, 0.6) is 0 Å². The molecule has 1 aromatic heterocycles. The predicted octanol–water partition coefficient (Wildman–Crippen LogP) is 1.21. The zero-order chi connectivity index (χ0) is 17.6. The van der Waals surface area contributed by atoms with Crippen molar-refractivity contribution in [3.8, 4) is 0 Å². The first-order valence-corrected chi connectivity index (χ1v) is 9.48. The van der Waals surface area contributed by atoms with Crippen molar-refractivity contribution in [2.75, 3.05) is 50.8 Å². The molecule has 0 amide bonds. The Morgan fingerprint density at radius 1 is 1.29 bits per heavy atom. The molecule has 0 saturated carbocycles. The van der Waals surface area contributed by atoms with Crippen molar-refractivity contribution in [2.24, 2.45) is 10.4 Å². The number of guanidine groups is 1. The topological polar surface area (TPSA) is 76.9 Å². The van der Waals surface area contributed by atoms with Crippen LogP contribution in [0, 0.1) is 5.41 Å². The minimum Gasteiger partial charge on any atom is -0.396 e. The Balaban J connectivity index is 1.95. The molecule has 2 N–H and O–H groups in total. The van der Waals surface area contributed by atoms with E-state index in [0.29, 0.717) is 6.54 Å². The summed E-state index contributed by atoms with van der Waals surface area (Å²) in [7, 11) is 0. The Bertz CT molecular complexity index is 536. The van der Waals surface area contributed by atoms with Crippen molar-refractivity contribution < 1.29 is 5.11 Å². The summed E-state index contributed by atoms with van der Waals surface area (Å²) in [6.07, 6.45) is 0.883. The van der Waals surface area contributed by atoms with Gasteiger partial charge in [-0.25, -0.2) is 4.98 Å². The van der Waals surface area contributed by atoms with E-state index in [1.54, 1.807) is 0 Å². The van der Waals surface area contributed by atoms with Gasteiger partial charge in [0.15, 0.2) is 5.96 Å². The van der Waals surface area contributed by atoms with Crippen LogP contribution in [0.15, 0.2) is 4.99 Å². The Morgan fingerprint density at radius 3 is 2.54 bits per heavy atom. The molecule has 7 nitrogen and oxygen atoms in total.